The van der Waals surface area contributed by atoms with E-state index in [4.69, 9.17) is 5.14 Å². The Labute approximate surface area is 88.0 Å². The van der Waals surface area contributed by atoms with E-state index in [1.54, 1.807) is 0 Å². The molecule has 0 heterocycles. The van der Waals surface area contributed by atoms with Gasteiger partial charge in [0.25, 0.3) is 0 Å². The van der Waals surface area contributed by atoms with E-state index in [2.05, 4.69) is 20.8 Å². The highest BCUT2D eigenvalue weighted by Gasteiger charge is 2.15. The van der Waals surface area contributed by atoms with E-state index in [1.165, 1.54) is 56.9 Å². The summed E-state index contributed by atoms with van der Waals surface area (Å²) in [5, 5.41) is 5.59. The first kappa shape index (κ1) is 13.3. The molecule has 0 radical (unpaired) electrons. The third-order valence-electron chi connectivity index (χ3n) is 2.45. The summed E-state index contributed by atoms with van der Waals surface area (Å²) in [5.74, 6) is 0. The van der Waals surface area contributed by atoms with Crippen molar-refractivity contribution in [2.24, 2.45) is 5.14 Å². The van der Waals surface area contributed by atoms with Crippen LogP contribution in [0.15, 0.2) is 0 Å². The van der Waals surface area contributed by atoms with Gasteiger partial charge in [-0.3, -0.25) is 5.14 Å². The van der Waals surface area contributed by atoms with E-state index < -0.39 is 0 Å². The quantitative estimate of drug-likeness (QED) is 0.474. The number of nitrogens with two attached hydrogens (primary N) is 1. The maximum absolute atomic E-state index is 5.59. The Morgan fingerprint density at radius 2 is 1.54 bits per heavy atom. The second kappa shape index (κ2) is 7.69. The lowest BCUT2D eigenvalue weighted by atomic mass is 10.0. The van der Waals surface area contributed by atoms with Crippen LogP contribution in [0.1, 0.15) is 65.7 Å². The van der Waals surface area contributed by atoms with Gasteiger partial charge in [-0.15, -0.1) is 0 Å². The Bertz CT molecular complexity index is 113. The summed E-state index contributed by atoms with van der Waals surface area (Å²) in [6.07, 6.45) is 9.51. The van der Waals surface area contributed by atoms with Crippen LogP contribution >= 0.6 is 11.9 Å². The molecule has 80 valence electrons. The van der Waals surface area contributed by atoms with Gasteiger partial charge in [0.05, 0.1) is 0 Å². The number of rotatable bonds is 8. The van der Waals surface area contributed by atoms with Crippen molar-refractivity contribution in [3.8, 4) is 0 Å². The minimum Gasteiger partial charge on any atom is -0.277 e. The lowest BCUT2D eigenvalue weighted by molar-refractivity contribution is 0.542. The van der Waals surface area contributed by atoms with Gasteiger partial charge in [0.15, 0.2) is 0 Å². The van der Waals surface area contributed by atoms with Crippen LogP contribution in [0.5, 0.6) is 0 Å². The molecule has 0 unspecified atom stereocenters. The number of hydrogen-bond acceptors (Lipinski definition) is 2. The molecule has 2 heteroatoms. The topological polar surface area (TPSA) is 26.0 Å². The van der Waals surface area contributed by atoms with Crippen LogP contribution in [0.25, 0.3) is 0 Å². The highest BCUT2D eigenvalue weighted by Crippen LogP contribution is 2.25. The summed E-state index contributed by atoms with van der Waals surface area (Å²) in [6, 6.07) is 0. The van der Waals surface area contributed by atoms with Crippen LogP contribution in [0.2, 0.25) is 0 Å². The molecule has 0 amide bonds. The maximum Gasteiger partial charge on any atom is 0.0246 e. The van der Waals surface area contributed by atoms with Crippen LogP contribution in [-0.4, -0.2) is 4.75 Å². The molecule has 0 aliphatic carbocycles. The van der Waals surface area contributed by atoms with Crippen LogP contribution in [0.4, 0.5) is 0 Å². The van der Waals surface area contributed by atoms with Gasteiger partial charge in [-0.1, -0.05) is 57.4 Å². The van der Waals surface area contributed by atoms with Crippen LogP contribution in [0.3, 0.4) is 0 Å². The van der Waals surface area contributed by atoms with Gasteiger partial charge in [-0.25, -0.2) is 0 Å². The van der Waals surface area contributed by atoms with Crippen molar-refractivity contribution in [3.63, 3.8) is 0 Å². The van der Waals surface area contributed by atoms with E-state index in [-0.39, 0.29) is 4.75 Å². The van der Waals surface area contributed by atoms with E-state index in [1.807, 2.05) is 0 Å². The number of hydrogen-bond donors (Lipinski definition) is 1. The molecular weight excluding hydrogens is 178 g/mol. The van der Waals surface area contributed by atoms with Crippen molar-refractivity contribution < 1.29 is 0 Å². The smallest absolute Gasteiger partial charge is 0.0246 e. The van der Waals surface area contributed by atoms with Crippen molar-refractivity contribution in [3.05, 3.63) is 0 Å². The SMILES string of the molecule is CCCCCCCCC(C)(C)SN. The zero-order chi connectivity index (χ0) is 10.2. The summed E-state index contributed by atoms with van der Waals surface area (Å²) in [4.78, 5) is 0. The molecular formula is C11H25NS. The van der Waals surface area contributed by atoms with Crippen molar-refractivity contribution >= 4 is 11.9 Å². The first-order valence-electron chi connectivity index (χ1n) is 5.50. The lowest BCUT2D eigenvalue weighted by Crippen LogP contribution is -2.16. The van der Waals surface area contributed by atoms with Crippen molar-refractivity contribution in [2.75, 3.05) is 0 Å². The fourth-order valence-electron chi connectivity index (χ4n) is 1.39. The lowest BCUT2D eigenvalue weighted by Gasteiger charge is -2.20. The largest absolute Gasteiger partial charge is 0.277 e. The van der Waals surface area contributed by atoms with Crippen LogP contribution in [-0.2, 0) is 0 Å². The predicted molar refractivity (Wildman–Crippen MR) is 63.9 cm³/mol. The molecule has 0 saturated heterocycles. The van der Waals surface area contributed by atoms with Gasteiger partial charge in [0.2, 0.25) is 0 Å². The average molecular weight is 203 g/mol. The fourth-order valence-corrected chi connectivity index (χ4v) is 1.65. The Morgan fingerprint density at radius 1 is 1.00 bits per heavy atom. The summed E-state index contributed by atoms with van der Waals surface area (Å²) in [5.41, 5.74) is 0. The molecule has 0 bridgehead atoms. The monoisotopic (exact) mass is 203 g/mol. The molecule has 1 nitrogen and oxygen atoms in total. The molecule has 0 aliphatic heterocycles. The average Bonchev–Trinajstić information content (AvgIpc) is 2.11. The minimum atomic E-state index is 0.282. The van der Waals surface area contributed by atoms with Gasteiger partial charge in [0.1, 0.15) is 0 Å². The van der Waals surface area contributed by atoms with E-state index in [0.717, 1.165) is 0 Å². The molecule has 0 atom stereocenters. The molecule has 0 rings (SSSR count). The third-order valence-corrected chi connectivity index (χ3v) is 3.29. The zero-order valence-electron chi connectivity index (χ0n) is 9.44. The first-order valence-corrected chi connectivity index (χ1v) is 6.38. The van der Waals surface area contributed by atoms with Crippen molar-refractivity contribution in [2.45, 2.75) is 70.5 Å². The molecule has 2 N–H and O–H groups in total. The second-order valence-corrected chi connectivity index (χ2v) is 5.74. The Morgan fingerprint density at radius 3 is 2.08 bits per heavy atom. The predicted octanol–water partition coefficient (Wildman–Crippen LogP) is 4.12. The first-order chi connectivity index (χ1) is 6.12. The van der Waals surface area contributed by atoms with Crippen molar-refractivity contribution in [1.29, 1.82) is 0 Å². The van der Waals surface area contributed by atoms with E-state index >= 15 is 0 Å². The highest BCUT2D eigenvalue weighted by molar-refractivity contribution is 7.98. The molecule has 0 aromatic carbocycles. The fraction of sp³-hybridized carbons (Fsp3) is 1.00. The zero-order valence-corrected chi connectivity index (χ0v) is 10.3. The normalized spacial score (nSPS) is 12.0. The summed E-state index contributed by atoms with van der Waals surface area (Å²) < 4.78 is 0.282. The molecule has 0 aromatic heterocycles. The standard InChI is InChI=1S/C11H25NS/c1-4-5-6-7-8-9-10-11(2,3)13-12/h4-10,12H2,1-3H3. The Balaban J connectivity index is 3.16. The van der Waals surface area contributed by atoms with Crippen LogP contribution in [0, 0.1) is 0 Å². The molecule has 0 spiro atoms. The maximum atomic E-state index is 5.59. The molecule has 0 aromatic rings. The van der Waals surface area contributed by atoms with Gasteiger partial charge in [0, 0.05) is 4.75 Å². The Hall–Kier alpha value is 0.310. The Kier molecular flexibility index (Phi) is 7.87. The van der Waals surface area contributed by atoms with Crippen LogP contribution < -0.4 is 5.14 Å². The molecule has 0 aliphatic rings. The molecule has 13 heavy (non-hydrogen) atoms. The third kappa shape index (κ3) is 8.63. The summed E-state index contributed by atoms with van der Waals surface area (Å²) in [6.45, 7) is 6.71. The van der Waals surface area contributed by atoms with Crippen molar-refractivity contribution in [1.82, 2.24) is 0 Å². The second-order valence-electron chi connectivity index (χ2n) is 4.40. The molecule has 0 fully saturated rings. The minimum absolute atomic E-state index is 0.282. The van der Waals surface area contributed by atoms with E-state index in [9.17, 15) is 0 Å². The van der Waals surface area contributed by atoms with Gasteiger partial charge in [-0.05, 0) is 20.3 Å². The number of unbranched alkanes of at least 4 members (excludes halogenated alkanes) is 5. The van der Waals surface area contributed by atoms with Gasteiger partial charge < -0.3 is 0 Å². The van der Waals surface area contributed by atoms with E-state index in [0.29, 0.717) is 0 Å². The summed E-state index contributed by atoms with van der Waals surface area (Å²) in [7, 11) is 0. The van der Waals surface area contributed by atoms with Gasteiger partial charge >= 0.3 is 0 Å². The highest BCUT2D eigenvalue weighted by atomic mass is 32.2. The summed E-state index contributed by atoms with van der Waals surface area (Å²) >= 11 is 1.50. The van der Waals surface area contributed by atoms with Gasteiger partial charge in [-0.2, -0.15) is 0 Å². The molecule has 0 saturated carbocycles.